The molecular weight excluding hydrogens is 136 g/mol. The highest BCUT2D eigenvalue weighted by molar-refractivity contribution is 4.88. The van der Waals surface area contributed by atoms with Crippen LogP contribution in [0.15, 0.2) is 0 Å². The summed E-state index contributed by atoms with van der Waals surface area (Å²) >= 11 is 0. The highest BCUT2D eigenvalue weighted by Gasteiger charge is 2.27. The molecule has 0 amide bonds. The van der Waals surface area contributed by atoms with E-state index in [2.05, 4.69) is 38.3 Å². The Morgan fingerprint density at radius 3 is 2.09 bits per heavy atom. The monoisotopic (exact) mass is 156 g/mol. The van der Waals surface area contributed by atoms with Gasteiger partial charge in [0.15, 0.2) is 0 Å². The van der Waals surface area contributed by atoms with E-state index >= 15 is 0 Å². The van der Waals surface area contributed by atoms with Crippen LogP contribution in [0.25, 0.3) is 0 Å². The molecule has 2 atom stereocenters. The third-order valence-electron chi connectivity index (χ3n) is 2.39. The normalized spacial score (nSPS) is 33.8. The van der Waals surface area contributed by atoms with Crippen LogP contribution in [-0.2, 0) is 0 Å². The topological polar surface area (TPSA) is 24.1 Å². The fourth-order valence-electron chi connectivity index (χ4n) is 1.39. The second-order valence-electron chi connectivity index (χ2n) is 4.64. The Morgan fingerprint density at radius 1 is 1.09 bits per heavy atom. The molecular formula is C9H20N2. The van der Waals surface area contributed by atoms with Crippen LogP contribution in [0.4, 0.5) is 0 Å². The molecule has 2 heteroatoms. The van der Waals surface area contributed by atoms with E-state index in [0.29, 0.717) is 17.5 Å². The summed E-state index contributed by atoms with van der Waals surface area (Å²) < 4.78 is 0. The predicted molar refractivity (Wildman–Crippen MR) is 48.7 cm³/mol. The first-order valence-corrected chi connectivity index (χ1v) is 4.47. The van der Waals surface area contributed by atoms with E-state index < -0.39 is 0 Å². The van der Waals surface area contributed by atoms with Crippen molar-refractivity contribution in [1.29, 1.82) is 0 Å². The van der Waals surface area contributed by atoms with Crippen molar-refractivity contribution < 1.29 is 0 Å². The minimum Gasteiger partial charge on any atom is -0.311 e. The summed E-state index contributed by atoms with van der Waals surface area (Å²) in [5, 5.41) is 7.02. The first kappa shape index (κ1) is 9.01. The van der Waals surface area contributed by atoms with Crippen molar-refractivity contribution in [3.63, 3.8) is 0 Å². The van der Waals surface area contributed by atoms with Crippen LogP contribution < -0.4 is 10.6 Å². The van der Waals surface area contributed by atoms with E-state index in [1.807, 2.05) is 0 Å². The van der Waals surface area contributed by atoms with E-state index in [1.165, 1.54) is 0 Å². The minimum absolute atomic E-state index is 0.382. The first-order valence-electron chi connectivity index (χ1n) is 4.47. The highest BCUT2D eigenvalue weighted by atomic mass is 15.1. The molecule has 0 bridgehead atoms. The summed E-state index contributed by atoms with van der Waals surface area (Å²) in [5.74, 6) is 0. The van der Waals surface area contributed by atoms with Crippen LogP contribution in [-0.4, -0.2) is 25.2 Å². The lowest BCUT2D eigenvalue weighted by Gasteiger charge is -2.37. The Bertz CT molecular complexity index is 118. The van der Waals surface area contributed by atoms with Crippen LogP contribution >= 0.6 is 0 Å². The molecule has 1 fully saturated rings. The lowest BCUT2D eigenvalue weighted by Crippen LogP contribution is -2.57. The SMILES string of the molecule is CC1CNC(C(C)(C)C)CN1. The zero-order valence-corrected chi connectivity index (χ0v) is 8.07. The van der Waals surface area contributed by atoms with Crippen molar-refractivity contribution in [2.45, 2.75) is 39.8 Å². The number of piperazine rings is 1. The van der Waals surface area contributed by atoms with Gasteiger partial charge in [-0.2, -0.15) is 0 Å². The molecule has 1 rings (SSSR count). The summed E-state index contributed by atoms with van der Waals surface area (Å²) in [4.78, 5) is 0. The summed E-state index contributed by atoms with van der Waals surface area (Å²) in [6.07, 6.45) is 0. The number of nitrogens with one attached hydrogen (secondary N) is 2. The Labute approximate surface area is 69.8 Å². The molecule has 0 aromatic heterocycles. The van der Waals surface area contributed by atoms with Crippen LogP contribution in [0, 0.1) is 5.41 Å². The minimum atomic E-state index is 0.382. The predicted octanol–water partition coefficient (Wildman–Crippen LogP) is 0.982. The van der Waals surface area contributed by atoms with Gasteiger partial charge in [-0.05, 0) is 12.3 Å². The number of hydrogen-bond acceptors (Lipinski definition) is 2. The molecule has 2 nitrogen and oxygen atoms in total. The van der Waals surface area contributed by atoms with Gasteiger partial charge in [0.1, 0.15) is 0 Å². The maximum atomic E-state index is 3.55. The lowest BCUT2D eigenvalue weighted by molar-refractivity contribution is 0.219. The van der Waals surface area contributed by atoms with Crippen molar-refractivity contribution >= 4 is 0 Å². The Morgan fingerprint density at radius 2 is 1.73 bits per heavy atom. The third kappa shape index (κ3) is 2.46. The maximum Gasteiger partial charge on any atom is 0.0241 e. The van der Waals surface area contributed by atoms with Crippen LogP contribution in [0.1, 0.15) is 27.7 Å². The van der Waals surface area contributed by atoms with Crippen LogP contribution in [0.2, 0.25) is 0 Å². The number of hydrogen-bond donors (Lipinski definition) is 2. The summed E-state index contributed by atoms with van der Waals surface area (Å²) in [6, 6.07) is 1.26. The average Bonchev–Trinajstić information content (AvgIpc) is 1.86. The molecule has 1 aliphatic rings. The van der Waals surface area contributed by atoms with Crippen LogP contribution in [0.3, 0.4) is 0 Å². The second kappa shape index (κ2) is 3.11. The molecule has 0 aromatic carbocycles. The molecule has 2 unspecified atom stereocenters. The van der Waals surface area contributed by atoms with Crippen molar-refractivity contribution in [2.24, 2.45) is 5.41 Å². The van der Waals surface area contributed by atoms with Gasteiger partial charge in [0.25, 0.3) is 0 Å². The molecule has 1 aliphatic heterocycles. The summed E-state index contributed by atoms with van der Waals surface area (Å²) in [7, 11) is 0. The number of rotatable bonds is 0. The second-order valence-corrected chi connectivity index (χ2v) is 4.64. The highest BCUT2D eigenvalue weighted by Crippen LogP contribution is 2.19. The molecule has 1 heterocycles. The molecule has 0 saturated carbocycles. The van der Waals surface area contributed by atoms with Crippen LogP contribution in [0.5, 0.6) is 0 Å². The third-order valence-corrected chi connectivity index (χ3v) is 2.39. The molecule has 0 radical (unpaired) electrons. The van der Waals surface area contributed by atoms with Gasteiger partial charge in [-0.1, -0.05) is 20.8 Å². The average molecular weight is 156 g/mol. The molecule has 2 N–H and O–H groups in total. The summed E-state index contributed by atoms with van der Waals surface area (Å²) in [6.45, 7) is 11.3. The van der Waals surface area contributed by atoms with Crippen molar-refractivity contribution in [3.05, 3.63) is 0 Å². The standard InChI is InChI=1S/C9H20N2/c1-7-5-11-8(6-10-7)9(2,3)4/h7-8,10-11H,5-6H2,1-4H3. The van der Waals surface area contributed by atoms with E-state index in [4.69, 9.17) is 0 Å². The Balaban J connectivity index is 2.39. The largest absolute Gasteiger partial charge is 0.311 e. The maximum absolute atomic E-state index is 3.55. The zero-order chi connectivity index (χ0) is 8.48. The molecule has 11 heavy (non-hydrogen) atoms. The fourth-order valence-corrected chi connectivity index (χ4v) is 1.39. The fraction of sp³-hybridized carbons (Fsp3) is 1.00. The van der Waals surface area contributed by atoms with Crippen molar-refractivity contribution in [1.82, 2.24) is 10.6 Å². The molecule has 66 valence electrons. The quantitative estimate of drug-likeness (QED) is 0.546. The van der Waals surface area contributed by atoms with Crippen molar-refractivity contribution in [2.75, 3.05) is 13.1 Å². The molecule has 1 saturated heterocycles. The van der Waals surface area contributed by atoms with Gasteiger partial charge in [0.2, 0.25) is 0 Å². The zero-order valence-electron chi connectivity index (χ0n) is 8.07. The van der Waals surface area contributed by atoms with Gasteiger partial charge in [-0.15, -0.1) is 0 Å². The van der Waals surface area contributed by atoms with E-state index in [0.717, 1.165) is 13.1 Å². The summed E-state index contributed by atoms with van der Waals surface area (Å²) in [5.41, 5.74) is 0.382. The van der Waals surface area contributed by atoms with Gasteiger partial charge in [0, 0.05) is 25.2 Å². The van der Waals surface area contributed by atoms with Gasteiger partial charge >= 0.3 is 0 Å². The molecule has 0 aromatic rings. The lowest BCUT2D eigenvalue weighted by atomic mass is 9.85. The van der Waals surface area contributed by atoms with Gasteiger partial charge < -0.3 is 10.6 Å². The molecule has 0 spiro atoms. The smallest absolute Gasteiger partial charge is 0.0241 e. The van der Waals surface area contributed by atoms with E-state index in [9.17, 15) is 0 Å². The van der Waals surface area contributed by atoms with Gasteiger partial charge in [-0.25, -0.2) is 0 Å². The molecule has 0 aliphatic carbocycles. The van der Waals surface area contributed by atoms with E-state index in [-0.39, 0.29) is 0 Å². The van der Waals surface area contributed by atoms with Gasteiger partial charge in [-0.3, -0.25) is 0 Å². The Kier molecular flexibility index (Phi) is 2.55. The van der Waals surface area contributed by atoms with E-state index in [1.54, 1.807) is 0 Å². The Hall–Kier alpha value is -0.0800. The first-order chi connectivity index (χ1) is 5.00. The van der Waals surface area contributed by atoms with Gasteiger partial charge in [0.05, 0.1) is 0 Å². The van der Waals surface area contributed by atoms with Crippen molar-refractivity contribution in [3.8, 4) is 0 Å².